The van der Waals surface area contributed by atoms with E-state index >= 15 is 0 Å². The van der Waals surface area contributed by atoms with Crippen molar-refractivity contribution in [2.45, 2.75) is 26.7 Å². The summed E-state index contributed by atoms with van der Waals surface area (Å²) in [7, 11) is -3.56. The van der Waals surface area contributed by atoms with Gasteiger partial charge in [0.2, 0.25) is 15.9 Å². The standard InChI is InChI=1S/C12H19N5O3S/c1-3-12(4-2,8-21(13,18)19)7-20-11-6-5-10-14-9-15-17(10)16-11/h5-6,9H,3-4,7-8H2,1-2H3,(H2,13,18,19). The minimum absolute atomic E-state index is 0.113. The predicted octanol–water partition coefficient (Wildman–Crippen LogP) is 0.598. The van der Waals surface area contributed by atoms with Gasteiger partial charge in [-0.05, 0) is 18.9 Å². The van der Waals surface area contributed by atoms with Crippen molar-refractivity contribution in [1.82, 2.24) is 19.8 Å². The number of nitrogens with zero attached hydrogens (tertiary/aromatic N) is 4. The highest BCUT2D eigenvalue weighted by Crippen LogP contribution is 2.28. The van der Waals surface area contributed by atoms with E-state index in [-0.39, 0.29) is 12.4 Å². The summed E-state index contributed by atoms with van der Waals surface area (Å²) in [6, 6.07) is 3.41. The van der Waals surface area contributed by atoms with Gasteiger partial charge in [-0.2, -0.15) is 0 Å². The minimum atomic E-state index is -3.56. The Morgan fingerprint density at radius 1 is 1.33 bits per heavy atom. The molecule has 0 aliphatic rings. The van der Waals surface area contributed by atoms with Crippen molar-refractivity contribution in [3.63, 3.8) is 0 Å². The number of rotatable bonds is 7. The van der Waals surface area contributed by atoms with Crippen LogP contribution in [0.2, 0.25) is 0 Å². The molecular weight excluding hydrogens is 294 g/mol. The Balaban J connectivity index is 2.13. The van der Waals surface area contributed by atoms with Crippen LogP contribution in [0.15, 0.2) is 18.5 Å². The van der Waals surface area contributed by atoms with Crippen LogP contribution in [0.1, 0.15) is 26.7 Å². The lowest BCUT2D eigenvalue weighted by Gasteiger charge is -2.30. The van der Waals surface area contributed by atoms with Crippen LogP contribution in [0.5, 0.6) is 5.88 Å². The summed E-state index contributed by atoms with van der Waals surface area (Å²) in [5.41, 5.74) is 0.0937. The van der Waals surface area contributed by atoms with E-state index in [1.807, 2.05) is 13.8 Å². The van der Waals surface area contributed by atoms with Crippen LogP contribution in [0, 0.1) is 5.41 Å². The molecule has 0 saturated heterocycles. The third-order valence-electron chi connectivity index (χ3n) is 3.66. The maximum atomic E-state index is 11.4. The molecule has 2 N–H and O–H groups in total. The SMILES string of the molecule is CCC(CC)(COc1ccc2ncnn2n1)CS(N)(=O)=O. The highest BCUT2D eigenvalue weighted by molar-refractivity contribution is 7.89. The average molecular weight is 313 g/mol. The van der Waals surface area contributed by atoms with E-state index in [9.17, 15) is 8.42 Å². The first kappa shape index (κ1) is 15.6. The quantitative estimate of drug-likeness (QED) is 0.801. The summed E-state index contributed by atoms with van der Waals surface area (Å²) in [4.78, 5) is 3.99. The monoisotopic (exact) mass is 313 g/mol. The number of hydrogen-bond donors (Lipinski definition) is 1. The van der Waals surface area contributed by atoms with Crippen molar-refractivity contribution < 1.29 is 13.2 Å². The van der Waals surface area contributed by atoms with Crippen molar-refractivity contribution in [3.8, 4) is 5.88 Å². The van der Waals surface area contributed by atoms with E-state index in [2.05, 4.69) is 15.2 Å². The molecule has 0 spiro atoms. The number of primary sulfonamides is 1. The first-order valence-corrected chi connectivity index (χ1v) is 8.39. The number of hydrogen-bond acceptors (Lipinski definition) is 6. The molecule has 2 rings (SSSR count). The van der Waals surface area contributed by atoms with Gasteiger partial charge in [-0.15, -0.1) is 14.8 Å². The van der Waals surface area contributed by atoms with E-state index in [4.69, 9.17) is 9.88 Å². The van der Waals surface area contributed by atoms with E-state index in [0.29, 0.717) is 24.4 Å². The van der Waals surface area contributed by atoms with Gasteiger partial charge in [-0.3, -0.25) is 0 Å². The Kier molecular flexibility index (Phi) is 4.43. The van der Waals surface area contributed by atoms with Gasteiger partial charge >= 0.3 is 0 Å². The molecule has 116 valence electrons. The zero-order chi connectivity index (χ0) is 15.5. The molecule has 0 aliphatic carbocycles. The molecule has 0 bridgehead atoms. The summed E-state index contributed by atoms with van der Waals surface area (Å²) in [5, 5.41) is 13.2. The summed E-state index contributed by atoms with van der Waals surface area (Å²) < 4.78 is 29.8. The van der Waals surface area contributed by atoms with Crippen molar-refractivity contribution >= 4 is 15.7 Å². The lowest BCUT2D eigenvalue weighted by molar-refractivity contribution is 0.148. The lowest BCUT2D eigenvalue weighted by atomic mass is 9.85. The molecule has 0 aromatic carbocycles. The summed E-state index contributed by atoms with van der Waals surface area (Å²) in [6.07, 6.45) is 2.69. The molecule has 0 aliphatic heterocycles. The molecule has 9 heteroatoms. The third kappa shape index (κ3) is 3.88. The van der Waals surface area contributed by atoms with Crippen molar-refractivity contribution in [1.29, 1.82) is 0 Å². The molecule has 0 atom stereocenters. The highest BCUT2D eigenvalue weighted by Gasteiger charge is 2.32. The molecular formula is C12H19N5O3S. The maximum absolute atomic E-state index is 11.4. The van der Waals surface area contributed by atoms with Crippen LogP contribution in [0.3, 0.4) is 0 Å². The zero-order valence-electron chi connectivity index (χ0n) is 12.1. The second-order valence-corrected chi connectivity index (χ2v) is 6.70. The van der Waals surface area contributed by atoms with Gasteiger partial charge in [0.15, 0.2) is 5.65 Å². The largest absolute Gasteiger partial charge is 0.476 e. The first-order valence-electron chi connectivity index (χ1n) is 6.68. The molecule has 0 unspecified atom stereocenters. The fraction of sp³-hybridized carbons (Fsp3) is 0.583. The minimum Gasteiger partial charge on any atom is -0.476 e. The summed E-state index contributed by atoms with van der Waals surface area (Å²) in [6.45, 7) is 4.07. The number of nitrogens with two attached hydrogens (primary N) is 1. The molecule has 0 amide bonds. The molecule has 8 nitrogen and oxygen atoms in total. The van der Waals surface area contributed by atoms with Crippen LogP contribution in [-0.4, -0.2) is 40.6 Å². The molecule has 0 radical (unpaired) electrons. The van der Waals surface area contributed by atoms with Gasteiger partial charge in [0.05, 0.1) is 12.4 Å². The fourth-order valence-corrected chi connectivity index (χ4v) is 3.48. The van der Waals surface area contributed by atoms with Gasteiger partial charge in [-0.25, -0.2) is 18.5 Å². The smallest absolute Gasteiger partial charge is 0.233 e. The van der Waals surface area contributed by atoms with E-state index in [0.717, 1.165) is 0 Å². The molecule has 0 saturated carbocycles. The Morgan fingerprint density at radius 3 is 2.67 bits per heavy atom. The van der Waals surface area contributed by atoms with E-state index in [1.165, 1.54) is 11.0 Å². The summed E-state index contributed by atoms with van der Waals surface area (Å²) >= 11 is 0. The Bertz CT molecular complexity index is 709. The maximum Gasteiger partial charge on any atom is 0.233 e. The van der Waals surface area contributed by atoms with Crippen molar-refractivity contribution in [2.75, 3.05) is 12.4 Å². The van der Waals surface area contributed by atoms with Crippen LogP contribution in [0.4, 0.5) is 0 Å². The van der Waals surface area contributed by atoms with E-state index in [1.54, 1.807) is 12.1 Å². The zero-order valence-corrected chi connectivity index (χ0v) is 12.9. The van der Waals surface area contributed by atoms with Crippen LogP contribution < -0.4 is 9.88 Å². The fourth-order valence-electron chi connectivity index (χ4n) is 2.13. The number of ether oxygens (including phenoxy) is 1. The van der Waals surface area contributed by atoms with Crippen LogP contribution >= 0.6 is 0 Å². The molecule has 21 heavy (non-hydrogen) atoms. The average Bonchev–Trinajstić information content (AvgIpc) is 2.89. The van der Waals surface area contributed by atoms with Crippen molar-refractivity contribution in [3.05, 3.63) is 18.5 Å². The van der Waals surface area contributed by atoms with Crippen molar-refractivity contribution in [2.24, 2.45) is 10.6 Å². The van der Waals surface area contributed by atoms with Gasteiger partial charge in [0, 0.05) is 11.5 Å². The van der Waals surface area contributed by atoms with E-state index < -0.39 is 15.4 Å². The van der Waals surface area contributed by atoms with Gasteiger partial charge in [0.1, 0.15) is 6.33 Å². The normalized spacial score (nSPS) is 12.7. The van der Waals surface area contributed by atoms with Gasteiger partial charge in [-0.1, -0.05) is 13.8 Å². The summed E-state index contributed by atoms with van der Waals surface area (Å²) in [5.74, 6) is 0.257. The topological polar surface area (TPSA) is 112 Å². The van der Waals surface area contributed by atoms with Gasteiger partial charge < -0.3 is 4.74 Å². The molecule has 2 aromatic rings. The number of fused-ring (bicyclic) bond motifs is 1. The Labute approximate surface area is 123 Å². The predicted molar refractivity (Wildman–Crippen MR) is 77.3 cm³/mol. The molecule has 2 aromatic heterocycles. The molecule has 0 fully saturated rings. The number of aromatic nitrogens is 4. The van der Waals surface area contributed by atoms with Gasteiger partial charge in [0.25, 0.3) is 0 Å². The highest BCUT2D eigenvalue weighted by atomic mass is 32.2. The molecule has 2 heterocycles. The second kappa shape index (κ2) is 5.94. The number of sulfonamides is 1. The first-order chi connectivity index (χ1) is 9.87. The Hall–Kier alpha value is -1.74. The van der Waals surface area contributed by atoms with Crippen LogP contribution in [0.25, 0.3) is 5.65 Å². The lowest BCUT2D eigenvalue weighted by Crippen LogP contribution is -2.37. The van der Waals surface area contributed by atoms with Crippen LogP contribution in [-0.2, 0) is 10.0 Å². The second-order valence-electron chi connectivity index (χ2n) is 5.08. The third-order valence-corrected chi connectivity index (χ3v) is 4.67. The Morgan fingerprint density at radius 2 is 2.05 bits per heavy atom.